The van der Waals surface area contributed by atoms with Crippen molar-refractivity contribution >= 4 is 51.6 Å². The molecule has 5 heterocycles. The van der Waals surface area contributed by atoms with Gasteiger partial charge in [0.25, 0.3) is 5.91 Å². The molecular weight excluding hydrogens is 692 g/mol. The number of amides is 1. The number of hydrogen-bond donors (Lipinski definition) is 0. The summed E-state index contributed by atoms with van der Waals surface area (Å²) in [4.78, 5) is 33.0. The number of aromatic nitrogens is 3. The number of hydrogen-bond acceptors (Lipinski definition) is 10. The number of furan rings is 1. The Bertz CT molecular complexity index is 2190. The molecule has 6 aromatic rings. The van der Waals surface area contributed by atoms with Gasteiger partial charge in [-0.1, -0.05) is 35.9 Å². The Labute approximate surface area is 292 Å². The Morgan fingerprint density at radius 3 is 2.64 bits per heavy atom. The lowest BCUT2D eigenvalue weighted by atomic mass is 10.0. The maximum Gasteiger partial charge on any atom is 0.387 e. The van der Waals surface area contributed by atoms with Crippen molar-refractivity contribution in [3.63, 3.8) is 0 Å². The van der Waals surface area contributed by atoms with E-state index in [1.165, 1.54) is 54.1 Å². The van der Waals surface area contributed by atoms with Crippen molar-refractivity contribution in [3.8, 4) is 23.0 Å². The van der Waals surface area contributed by atoms with Gasteiger partial charge in [0.05, 0.1) is 53.7 Å². The van der Waals surface area contributed by atoms with Crippen molar-refractivity contribution in [1.29, 1.82) is 0 Å². The highest BCUT2D eigenvalue weighted by Gasteiger charge is 2.35. The fraction of sp³-hybridized carbons (Fsp3) is 0.171. The third kappa shape index (κ3) is 6.80. The fourth-order valence-corrected chi connectivity index (χ4v) is 6.44. The quantitative estimate of drug-likeness (QED) is 0.126. The summed E-state index contributed by atoms with van der Waals surface area (Å²) >= 11 is 7.51. The zero-order valence-corrected chi connectivity index (χ0v) is 27.7. The van der Waals surface area contributed by atoms with Crippen molar-refractivity contribution in [1.82, 2.24) is 19.8 Å². The lowest BCUT2D eigenvalue weighted by Gasteiger charge is -2.23. The molecule has 11 nitrogen and oxygen atoms in total. The minimum absolute atomic E-state index is 0.0666. The van der Waals surface area contributed by atoms with Crippen LogP contribution in [0.15, 0.2) is 100 Å². The highest BCUT2D eigenvalue weighted by Crippen LogP contribution is 2.38. The number of alkyl halides is 2. The molecule has 7 rings (SSSR count). The maximum absolute atomic E-state index is 13.7. The number of thiophene rings is 1. The Morgan fingerprint density at radius 1 is 1.08 bits per heavy atom. The molecule has 1 atom stereocenters. The smallest absolute Gasteiger partial charge is 0.387 e. The van der Waals surface area contributed by atoms with Gasteiger partial charge in [-0.2, -0.15) is 19.0 Å². The number of pyridine rings is 1. The fourth-order valence-electron chi connectivity index (χ4n) is 5.59. The van der Waals surface area contributed by atoms with Crippen LogP contribution in [0.2, 0.25) is 5.02 Å². The Kier molecular flexibility index (Phi) is 9.28. The molecule has 254 valence electrons. The summed E-state index contributed by atoms with van der Waals surface area (Å²) < 4.78 is 48.6. The number of hydrazone groups is 1. The van der Waals surface area contributed by atoms with Gasteiger partial charge in [-0.3, -0.25) is 4.79 Å². The Balaban J connectivity index is 1.16. The normalized spacial score (nSPS) is 14.3. The van der Waals surface area contributed by atoms with Crippen molar-refractivity contribution in [2.75, 3.05) is 13.7 Å². The van der Waals surface area contributed by atoms with Crippen LogP contribution in [0.1, 0.15) is 38.8 Å². The molecule has 0 spiro atoms. The van der Waals surface area contributed by atoms with Gasteiger partial charge in [-0.05, 0) is 65.0 Å². The Hall–Kier alpha value is -5.60. The van der Waals surface area contributed by atoms with Crippen LogP contribution in [0.5, 0.6) is 11.5 Å². The van der Waals surface area contributed by atoms with Crippen LogP contribution in [0.25, 0.3) is 22.5 Å². The minimum Gasteiger partial charge on any atom is -0.493 e. The highest BCUT2D eigenvalue weighted by atomic mass is 35.5. The summed E-state index contributed by atoms with van der Waals surface area (Å²) in [6, 6.07) is 19.8. The monoisotopic (exact) mass is 717 g/mol. The maximum atomic E-state index is 13.7. The van der Waals surface area contributed by atoms with Gasteiger partial charge in [0.2, 0.25) is 0 Å². The van der Waals surface area contributed by atoms with E-state index in [9.17, 15) is 18.4 Å². The molecule has 1 unspecified atom stereocenters. The van der Waals surface area contributed by atoms with Gasteiger partial charge >= 0.3 is 12.6 Å². The first kappa shape index (κ1) is 32.9. The third-order valence-corrected chi connectivity index (χ3v) is 9.11. The van der Waals surface area contributed by atoms with E-state index >= 15 is 0 Å². The molecule has 0 aliphatic carbocycles. The van der Waals surface area contributed by atoms with E-state index in [4.69, 9.17) is 30.5 Å². The second-order valence-corrected chi connectivity index (χ2v) is 12.4. The summed E-state index contributed by atoms with van der Waals surface area (Å²) in [5.74, 6) is -1.04. The van der Waals surface area contributed by atoms with Gasteiger partial charge in [0, 0.05) is 11.4 Å². The summed E-state index contributed by atoms with van der Waals surface area (Å²) in [5.41, 5.74) is 3.03. The number of esters is 1. The molecule has 0 saturated heterocycles. The first-order valence-electron chi connectivity index (χ1n) is 15.2. The zero-order valence-electron chi connectivity index (χ0n) is 26.2. The predicted molar refractivity (Wildman–Crippen MR) is 181 cm³/mol. The molecule has 15 heteroatoms. The average Bonchev–Trinajstić information content (AvgIpc) is 3.95. The predicted octanol–water partition coefficient (Wildman–Crippen LogP) is 7.60. The highest BCUT2D eigenvalue weighted by molar-refractivity contribution is 7.12. The van der Waals surface area contributed by atoms with E-state index in [1.54, 1.807) is 35.0 Å². The van der Waals surface area contributed by atoms with Crippen LogP contribution in [0.4, 0.5) is 8.78 Å². The molecule has 2 aromatic carbocycles. The molecule has 0 bridgehead atoms. The molecule has 1 amide bonds. The van der Waals surface area contributed by atoms with Crippen molar-refractivity contribution in [3.05, 3.63) is 117 Å². The van der Waals surface area contributed by atoms with E-state index in [0.29, 0.717) is 51.8 Å². The largest absolute Gasteiger partial charge is 0.493 e. The van der Waals surface area contributed by atoms with E-state index in [-0.39, 0.29) is 17.1 Å². The number of nitrogens with zero attached hydrogens (tertiary/aromatic N) is 5. The number of halogens is 3. The second-order valence-electron chi connectivity index (χ2n) is 11.0. The zero-order chi connectivity index (χ0) is 34.8. The first-order chi connectivity index (χ1) is 24.3. The van der Waals surface area contributed by atoms with Crippen LogP contribution in [0.3, 0.4) is 0 Å². The molecule has 0 N–H and O–H groups in total. The lowest BCUT2D eigenvalue weighted by molar-refractivity contribution is -0.136. The number of fused-ring (bicyclic) bond motifs is 1. The number of carbonyl (C=O) groups is 2. The van der Waals surface area contributed by atoms with Gasteiger partial charge in [-0.15, -0.1) is 11.3 Å². The standard InChI is InChI=1S/C35H26ClF2N5O6S/c1-46-30-14-21(8-11-29(30)49-35(37)38)27-16-26(31-5-3-13-50-31)41-43(27)32(44)19-48-34(45)23-15-25(28-4-2-12-47-28)40-33-24(23)17-39-42(33)18-20-6-9-22(36)10-7-20/h2-15,17,27,35H,16,18-19H2,1H3. The second kappa shape index (κ2) is 14.1. The van der Waals surface area contributed by atoms with E-state index in [1.807, 2.05) is 29.6 Å². The van der Waals surface area contributed by atoms with E-state index in [2.05, 4.69) is 14.9 Å². The first-order valence-corrected chi connectivity index (χ1v) is 16.4. The SMILES string of the molecule is COc1cc(C2CC(c3cccs3)=NN2C(=O)COC(=O)c2cc(-c3ccco3)nc3c2cnn3Cc2ccc(Cl)cc2)ccc1OC(F)F. The summed E-state index contributed by atoms with van der Waals surface area (Å²) in [5, 5.41) is 13.2. The van der Waals surface area contributed by atoms with Crippen LogP contribution < -0.4 is 9.47 Å². The molecule has 0 saturated carbocycles. The number of ether oxygens (including phenoxy) is 3. The summed E-state index contributed by atoms with van der Waals surface area (Å²) in [6.45, 7) is -3.33. The average molecular weight is 718 g/mol. The van der Waals surface area contributed by atoms with Crippen molar-refractivity contribution < 1.29 is 37.0 Å². The summed E-state index contributed by atoms with van der Waals surface area (Å²) in [6.07, 6.45) is 3.34. The van der Waals surface area contributed by atoms with Crippen molar-refractivity contribution in [2.24, 2.45) is 5.10 Å². The lowest BCUT2D eigenvalue weighted by Crippen LogP contribution is -2.31. The number of benzene rings is 2. The van der Waals surface area contributed by atoms with Gasteiger partial charge in [-0.25, -0.2) is 19.5 Å². The molecular formula is C35H26ClF2N5O6S. The van der Waals surface area contributed by atoms with E-state index in [0.717, 1.165) is 10.4 Å². The van der Waals surface area contributed by atoms with Gasteiger partial charge in [0.15, 0.2) is 29.5 Å². The van der Waals surface area contributed by atoms with E-state index < -0.39 is 31.1 Å². The van der Waals surface area contributed by atoms with Crippen LogP contribution in [-0.4, -0.2) is 57.7 Å². The van der Waals surface area contributed by atoms with Gasteiger partial charge in [0.1, 0.15) is 5.69 Å². The Morgan fingerprint density at radius 2 is 1.92 bits per heavy atom. The molecule has 1 aliphatic heterocycles. The van der Waals surface area contributed by atoms with Crippen molar-refractivity contribution in [2.45, 2.75) is 25.6 Å². The third-order valence-electron chi connectivity index (χ3n) is 7.94. The summed E-state index contributed by atoms with van der Waals surface area (Å²) in [7, 11) is 1.33. The van der Waals surface area contributed by atoms with Crippen LogP contribution in [-0.2, 0) is 16.1 Å². The molecule has 50 heavy (non-hydrogen) atoms. The van der Waals surface area contributed by atoms with Crippen LogP contribution in [0, 0.1) is 0 Å². The molecule has 1 aliphatic rings. The number of carbonyl (C=O) groups excluding carboxylic acids is 2. The molecule has 0 radical (unpaired) electrons. The number of rotatable bonds is 11. The topological polar surface area (TPSA) is 121 Å². The van der Waals surface area contributed by atoms with Crippen LogP contribution >= 0.6 is 22.9 Å². The molecule has 4 aromatic heterocycles. The minimum atomic E-state index is -3.04. The van der Waals surface area contributed by atoms with Gasteiger partial charge < -0.3 is 18.6 Å². The molecule has 0 fully saturated rings. The number of methoxy groups -OCH3 is 1.